The Bertz CT molecular complexity index is 592. The second-order valence-corrected chi connectivity index (χ2v) is 4.61. The molecule has 0 spiro atoms. The van der Waals surface area contributed by atoms with Crippen molar-refractivity contribution in [3.63, 3.8) is 0 Å². The maximum atomic E-state index is 10.9. The Kier molecular flexibility index (Phi) is 2.89. The van der Waals surface area contributed by atoms with Crippen molar-refractivity contribution >= 4 is 23.6 Å². The molecule has 0 aliphatic carbocycles. The third kappa shape index (κ3) is 2.35. The Hall–Kier alpha value is -2.57. The van der Waals surface area contributed by atoms with Crippen molar-refractivity contribution in [2.24, 2.45) is 21.5 Å². The van der Waals surface area contributed by atoms with Gasteiger partial charge in [-0.25, -0.2) is 4.99 Å². The van der Waals surface area contributed by atoms with Crippen LogP contribution in [-0.2, 0) is 0 Å². The van der Waals surface area contributed by atoms with Crippen molar-refractivity contribution in [3.8, 4) is 0 Å². The molecule has 7 nitrogen and oxygen atoms in total. The largest absolute Gasteiger partial charge is 0.545 e. The minimum absolute atomic E-state index is 0.0589. The molecule has 1 heterocycles. The fraction of sp³-hybridized carbons (Fsp3) is 0.250. The minimum atomic E-state index is -1.25. The number of aliphatic imine (C=N–C) groups is 2. The van der Waals surface area contributed by atoms with Gasteiger partial charge in [0.2, 0.25) is 11.9 Å². The van der Waals surface area contributed by atoms with E-state index in [9.17, 15) is 9.90 Å². The number of anilines is 1. The number of carboxylic acid groups (broad SMARTS) is 1. The fourth-order valence-electron chi connectivity index (χ4n) is 2.02. The van der Waals surface area contributed by atoms with Gasteiger partial charge in [-0.1, -0.05) is 12.1 Å². The molecule has 1 aliphatic rings. The molecule has 1 aromatic carbocycles. The van der Waals surface area contributed by atoms with Crippen molar-refractivity contribution < 1.29 is 9.90 Å². The lowest BCUT2D eigenvalue weighted by Crippen LogP contribution is -2.54. The number of guanidine groups is 2. The molecule has 2 rings (SSSR count). The molecule has 0 saturated heterocycles. The van der Waals surface area contributed by atoms with Crippen LogP contribution in [0.1, 0.15) is 24.2 Å². The zero-order valence-corrected chi connectivity index (χ0v) is 10.6. The summed E-state index contributed by atoms with van der Waals surface area (Å²) in [6.45, 7) is 3.60. The van der Waals surface area contributed by atoms with Crippen LogP contribution in [0.2, 0.25) is 0 Å². The predicted molar refractivity (Wildman–Crippen MR) is 70.6 cm³/mol. The van der Waals surface area contributed by atoms with E-state index in [-0.39, 0.29) is 17.5 Å². The summed E-state index contributed by atoms with van der Waals surface area (Å²) in [7, 11) is 0. The zero-order valence-electron chi connectivity index (χ0n) is 10.6. The Morgan fingerprint density at radius 3 is 2.63 bits per heavy atom. The van der Waals surface area contributed by atoms with Crippen molar-refractivity contribution in [3.05, 3.63) is 29.8 Å². The van der Waals surface area contributed by atoms with Gasteiger partial charge in [-0.2, -0.15) is 4.99 Å². The lowest BCUT2D eigenvalue weighted by molar-refractivity contribution is -0.255. The summed E-state index contributed by atoms with van der Waals surface area (Å²) in [5.74, 6) is -1.00. The van der Waals surface area contributed by atoms with Crippen molar-refractivity contribution in [2.45, 2.75) is 19.5 Å². The molecule has 0 atom stereocenters. The first-order valence-electron chi connectivity index (χ1n) is 5.62. The van der Waals surface area contributed by atoms with E-state index in [4.69, 9.17) is 11.5 Å². The number of rotatable bonds is 2. The van der Waals surface area contributed by atoms with E-state index in [1.807, 2.05) is 0 Å². The van der Waals surface area contributed by atoms with Crippen LogP contribution in [0.4, 0.5) is 5.69 Å². The monoisotopic (exact) mass is 260 g/mol. The van der Waals surface area contributed by atoms with Crippen molar-refractivity contribution in [1.82, 2.24) is 0 Å². The van der Waals surface area contributed by atoms with Gasteiger partial charge in [0.15, 0.2) is 0 Å². The molecule has 1 aliphatic heterocycles. The smallest absolute Gasteiger partial charge is 0.220 e. The highest BCUT2D eigenvalue weighted by Crippen LogP contribution is 2.27. The van der Waals surface area contributed by atoms with Crippen LogP contribution in [0.25, 0.3) is 0 Å². The van der Waals surface area contributed by atoms with Gasteiger partial charge in [-0.3, -0.25) is 4.90 Å². The van der Waals surface area contributed by atoms with Crippen LogP contribution in [0, 0.1) is 0 Å². The normalized spacial score (nSPS) is 17.7. The quantitative estimate of drug-likeness (QED) is 0.723. The summed E-state index contributed by atoms with van der Waals surface area (Å²) < 4.78 is 0. The van der Waals surface area contributed by atoms with Crippen LogP contribution in [-0.4, -0.2) is 23.6 Å². The third-order valence-corrected chi connectivity index (χ3v) is 2.73. The maximum Gasteiger partial charge on any atom is 0.220 e. The van der Waals surface area contributed by atoms with Gasteiger partial charge in [0, 0.05) is 5.69 Å². The Balaban J connectivity index is 2.49. The first-order valence-corrected chi connectivity index (χ1v) is 5.62. The zero-order chi connectivity index (χ0) is 14.2. The number of carbonyl (C=O) groups excluding carboxylic acids is 1. The van der Waals surface area contributed by atoms with Crippen molar-refractivity contribution in [1.29, 1.82) is 0 Å². The molecular formula is C12H14N5O2-. The fourth-order valence-corrected chi connectivity index (χ4v) is 2.02. The van der Waals surface area contributed by atoms with Gasteiger partial charge >= 0.3 is 0 Å². The van der Waals surface area contributed by atoms with E-state index in [0.29, 0.717) is 5.69 Å². The molecule has 1 aromatic rings. The molecule has 0 unspecified atom stereocenters. The number of benzene rings is 1. The van der Waals surface area contributed by atoms with Crippen LogP contribution < -0.4 is 21.5 Å². The Morgan fingerprint density at radius 1 is 1.37 bits per heavy atom. The molecule has 0 radical (unpaired) electrons. The van der Waals surface area contributed by atoms with E-state index in [1.165, 1.54) is 12.1 Å². The number of hydrogen-bond donors (Lipinski definition) is 2. The van der Waals surface area contributed by atoms with Gasteiger partial charge < -0.3 is 21.4 Å². The van der Waals surface area contributed by atoms with Gasteiger partial charge in [0.25, 0.3) is 0 Å². The molecule has 0 saturated carbocycles. The standard InChI is InChI=1S/C12H15N5O2/c1-12(2)16-10(13)15-11(14)17(12)8-5-3-4-7(6-8)9(18)19/h3-6H,1-2H3,(H,18,19)(H4,13,14,15,16)/p-1. The van der Waals surface area contributed by atoms with E-state index in [1.54, 1.807) is 30.9 Å². The number of nitrogens with zero attached hydrogens (tertiary/aromatic N) is 3. The first-order chi connectivity index (χ1) is 8.81. The van der Waals surface area contributed by atoms with Gasteiger partial charge in [0.1, 0.15) is 5.66 Å². The molecule has 0 aromatic heterocycles. The molecule has 0 bridgehead atoms. The number of nitrogens with two attached hydrogens (primary N) is 2. The molecule has 4 N–H and O–H groups in total. The first kappa shape index (κ1) is 12.9. The van der Waals surface area contributed by atoms with Gasteiger partial charge in [-0.05, 0) is 31.5 Å². The highest BCUT2D eigenvalue weighted by atomic mass is 16.4. The predicted octanol–water partition coefficient (Wildman–Crippen LogP) is -0.764. The second kappa shape index (κ2) is 4.27. The Labute approximate surface area is 110 Å². The molecule has 7 heteroatoms. The van der Waals surface area contributed by atoms with Crippen molar-refractivity contribution in [2.75, 3.05) is 4.90 Å². The number of carboxylic acids is 1. The topological polar surface area (TPSA) is 120 Å². The molecule has 100 valence electrons. The third-order valence-electron chi connectivity index (χ3n) is 2.73. The summed E-state index contributed by atoms with van der Waals surface area (Å²) in [4.78, 5) is 20.6. The van der Waals surface area contributed by atoms with Gasteiger partial charge in [0.05, 0.1) is 5.97 Å². The Morgan fingerprint density at radius 2 is 2.05 bits per heavy atom. The molecule has 0 amide bonds. The van der Waals surface area contributed by atoms with E-state index in [2.05, 4.69) is 9.98 Å². The number of hydrogen-bond acceptors (Lipinski definition) is 7. The van der Waals surface area contributed by atoms with Crippen LogP contribution in [0.3, 0.4) is 0 Å². The van der Waals surface area contributed by atoms with Crippen LogP contribution in [0.5, 0.6) is 0 Å². The average Bonchev–Trinajstić information content (AvgIpc) is 2.26. The van der Waals surface area contributed by atoms with Crippen LogP contribution >= 0.6 is 0 Å². The summed E-state index contributed by atoms with van der Waals surface area (Å²) in [5, 5.41) is 10.9. The van der Waals surface area contributed by atoms with E-state index in [0.717, 1.165) is 0 Å². The molecule has 19 heavy (non-hydrogen) atoms. The maximum absolute atomic E-state index is 10.9. The lowest BCUT2D eigenvalue weighted by atomic mass is 10.1. The summed E-state index contributed by atoms with van der Waals surface area (Å²) in [6, 6.07) is 6.22. The number of aromatic carboxylic acids is 1. The molecule has 0 fully saturated rings. The highest BCUT2D eigenvalue weighted by Gasteiger charge is 2.32. The highest BCUT2D eigenvalue weighted by molar-refractivity contribution is 6.05. The lowest BCUT2D eigenvalue weighted by Gasteiger charge is -2.38. The van der Waals surface area contributed by atoms with E-state index < -0.39 is 11.6 Å². The summed E-state index contributed by atoms with van der Waals surface area (Å²) in [6.07, 6.45) is 0. The average molecular weight is 260 g/mol. The van der Waals surface area contributed by atoms with Crippen LogP contribution in [0.15, 0.2) is 34.3 Å². The number of carbonyl (C=O) groups is 1. The van der Waals surface area contributed by atoms with Gasteiger partial charge in [-0.15, -0.1) is 0 Å². The molecular weight excluding hydrogens is 246 g/mol. The van der Waals surface area contributed by atoms with E-state index >= 15 is 0 Å². The SMILES string of the molecule is CC1(C)N=C(N)N=C(N)N1c1cccc(C(=O)[O-])c1. The second-order valence-electron chi connectivity index (χ2n) is 4.61. The summed E-state index contributed by atoms with van der Waals surface area (Å²) >= 11 is 0. The minimum Gasteiger partial charge on any atom is -0.545 e. The summed E-state index contributed by atoms with van der Waals surface area (Å²) in [5.41, 5.74) is 11.3.